The highest BCUT2D eigenvalue weighted by molar-refractivity contribution is 6.26. The van der Waals surface area contributed by atoms with Gasteiger partial charge in [0.05, 0.1) is 27.8 Å². The molecule has 0 atom stereocenters. The van der Waals surface area contributed by atoms with E-state index >= 15 is 0 Å². The maximum atomic E-state index is 4.58. The molecule has 8 heteroatoms. The molecule has 26 aromatic rings. The Morgan fingerprint density at radius 1 is 0.125 bits per heavy atom. The van der Waals surface area contributed by atoms with Gasteiger partial charge >= 0.3 is 0 Å². The van der Waals surface area contributed by atoms with Crippen molar-refractivity contribution >= 4 is 155 Å². The lowest BCUT2D eigenvalue weighted by atomic mass is 9.84. The lowest BCUT2D eigenvalue weighted by molar-refractivity contribution is 1.26. The van der Waals surface area contributed by atoms with E-state index in [-0.39, 0.29) is 0 Å². The molecule has 4 heterocycles. The molecular formula is C136H92N8. The van der Waals surface area contributed by atoms with Gasteiger partial charge in [0.1, 0.15) is 0 Å². The minimum Gasteiger partial charge on any atom is -0.311 e. The number of fused-ring (bicyclic) bond motifs is 8. The molecule has 0 saturated heterocycles. The van der Waals surface area contributed by atoms with Crippen LogP contribution < -0.4 is 19.6 Å². The first-order chi connectivity index (χ1) is 71.4. The van der Waals surface area contributed by atoms with Gasteiger partial charge in [0.2, 0.25) is 0 Å². The summed E-state index contributed by atoms with van der Waals surface area (Å²) in [6.07, 6.45) is 7.40. The summed E-state index contributed by atoms with van der Waals surface area (Å²) in [5, 5.41) is 14.0. The first-order valence-corrected chi connectivity index (χ1v) is 48.9. The van der Waals surface area contributed by atoms with E-state index in [0.29, 0.717) is 0 Å². The number of benzene rings is 22. The van der Waals surface area contributed by atoms with Crippen molar-refractivity contribution in [3.63, 3.8) is 0 Å². The molecule has 0 N–H and O–H groups in total. The first kappa shape index (κ1) is 86.3. The summed E-state index contributed by atoms with van der Waals surface area (Å²) in [5.41, 5.74) is 35.7. The van der Waals surface area contributed by atoms with Crippen molar-refractivity contribution in [3.8, 4) is 89.0 Å². The molecule has 676 valence electrons. The fourth-order valence-electron chi connectivity index (χ4n) is 21.0. The van der Waals surface area contributed by atoms with Gasteiger partial charge in [0.25, 0.3) is 0 Å². The standard InChI is InChI=1S/2C68H46N4/c1-4-17-55(18-5-1)71(56-19-6-2-7-20-56)58-37-39-59(40-38-58)72(57-21-8-3-9-22-57)65-26-12-25-62-66(49-31-27-47(28-32-49)51-35-41-63-53(45-51)15-13-43-69-63)60-23-10-11-24-61(60)67(68(62)65)50-33-29-48(30-34-50)52-36-42-64-54(46-52)16-14-44-70-64;1-4-16-55(17-5-1)71(56-18-6-2-7-19-56)58-34-36-59(37-35-58)72(57-20-8-3-9-21-57)60-38-39-63-64(46-60)68(50-30-26-48(27-31-50)52-33-41-66-54(45-52)15-13-43-70-66)62-23-11-10-22-61(62)67(63)49-28-24-47(25-29-49)51-32-40-65-53(44-51)14-12-42-69-65/h2*1-46H. The molecule has 144 heavy (non-hydrogen) atoms. The van der Waals surface area contributed by atoms with E-state index < -0.39 is 0 Å². The third kappa shape index (κ3) is 16.7. The zero-order valence-corrected chi connectivity index (χ0v) is 78.7. The lowest BCUT2D eigenvalue weighted by Crippen LogP contribution is -2.12. The van der Waals surface area contributed by atoms with Gasteiger partial charge < -0.3 is 19.6 Å². The number of hydrogen-bond donors (Lipinski definition) is 0. The quantitative estimate of drug-likeness (QED) is 0.0700. The van der Waals surface area contributed by atoms with Crippen molar-refractivity contribution < 1.29 is 0 Å². The molecule has 0 amide bonds. The van der Waals surface area contributed by atoms with Crippen molar-refractivity contribution in [2.75, 3.05) is 19.6 Å². The lowest BCUT2D eigenvalue weighted by Gasteiger charge is -2.30. The summed E-state index contributed by atoms with van der Waals surface area (Å²) in [6.45, 7) is 0. The summed E-state index contributed by atoms with van der Waals surface area (Å²) >= 11 is 0. The molecule has 0 fully saturated rings. The Balaban J connectivity index is 0.000000151. The van der Waals surface area contributed by atoms with E-state index in [9.17, 15) is 0 Å². The molecule has 4 aromatic heterocycles. The topological polar surface area (TPSA) is 64.5 Å². The smallest absolute Gasteiger partial charge is 0.0702 e. The largest absolute Gasteiger partial charge is 0.311 e. The number of para-hydroxylation sites is 6. The molecule has 0 radical (unpaired) electrons. The average molecular weight is 1840 g/mol. The van der Waals surface area contributed by atoms with Gasteiger partial charge in [-0.05, 0) is 339 Å². The summed E-state index contributed by atoms with van der Waals surface area (Å²) < 4.78 is 0. The summed E-state index contributed by atoms with van der Waals surface area (Å²) in [7, 11) is 0. The Labute approximate surface area is 836 Å². The van der Waals surface area contributed by atoms with Crippen molar-refractivity contribution in [2.24, 2.45) is 0 Å². The van der Waals surface area contributed by atoms with Crippen LogP contribution in [0, 0.1) is 0 Å². The SMILES string of the molecule is c1ccc(N(c2ccccc2)c2ccc(N(c3ccccc3)c3ccc4c(-c5ccc(-c6ccc7ncccc7c6)cc5)c5ccccc5c(-c5ccc(-c6ccc7ncccc7c6)cc5)c4c3)cc2)cc1.c1ccc(N(c2ccccc2)c2ccc(N(c3ccccc3)c3cccc4c(-c5ccc(-c6ccc7ncccc7c6)cc5)c5ccccc5c(-c5ccc(-c6ccc7ncccc7c6)cc5)c34)cc2)cc1. The Morgan fingerprint density at radius 2 is 0.347 bits per heavy atom. The maximum absolute atomic E-state index is 4.58. The Bertz CT molecular complexity index is 8980. The van der Waals surface area contributed by atoms with Gasteiger partial charge in [-0.15, -0.1) is 0 Å². The highest BCUT2D eigenvalue weighted by atomic mass is 15.2. The molecule has 0 spiro atoms. The van der Waals surface area contributed by atoms with E-state index in [2.05, 4.69) is 549 Å². The van der Waals surface area contributed by atoms with Gasteiger partial charge in [-0.3, -0.25) is 19.9 Å². The Hall–Kier alpha value is -19.3. The summed E-state index contributed by atoms with van der Waals surface area (Å²) in [6, 6.07) is 193. The summed E-state index contributed by atoms with van der Waals surface area (Å²) in [5.74, 6) is 0. The van der Waals surface area contributed by atoms with E-state index in [4.69, 9.17) is 0 Å². The second kappa shape index (κ2) is 38.2. The predicted molar refractivity (Wildman–Crippen MR) is 606 cm³/mol. The average Bonchev–Trinajstić information content (AvgIpc) is 0.708. The van der Waals surface area contributed by atoms with Gasteiger partial charge in [0, 0.05) is 114 Å². The van der Waals surface area contributed by atoms with E-state index in [1.807, 2.05) is 49.1 Å². The van der Waals surface area contributed by atoms with E-state index in [0.717, 1.165) is 151 Å². The van der Waals surface area contributed by atoms with Crippen LogP contribution >= 0.6 is 0 Å². The monoisotopic (exact) mass is 1840 g/mol. The predicted octanol–water partition coefficient (Wildman–Crippen LogP) is 37.4. The molecule has 0 unspecified atom stereocenters. The number of rotatable bonds is 20. The van der Waals surface area contributed by atoms with Gasteiger partial charge in [0.15, 0.2) is 0 Å². The first-order valence-electron chi connectivity index (χ1n) is 48.9. The van der Waals surface area contributed by atoms with Crippen LogP contribution in [-0.4, -0.2) is 19.9 Å². The second-order valence-electron chi connectivity index (χ2n) is 36.4. The zero-order chi connectivity index (χ0) is 95.6. The fourth-order valence-corrected chi connectivity index (χ4v) is 21.0. The summed E-state index contributed by atoms with van der Waals surface area (Å²) in [4.78, 5) is 27.7. The number of anilines is 12. The van der Waals surface area contributed by atoms with Crippen LogP contribution in [0.3, 0.4) is 0 Å². The third-order valence-corrected chi connectivity index (χ3v) is 27.8. The number of pyridine rings is 4. The minimum atomic E-state index is 0.992. The van der Waals surface area contributed by atoms with Crippen LogP contribution in [0.25, 0.3) is 176 Å². The van der Waals surface area contributed by atoms with Crippen molar-refractivity contribution in [3.05, 3.63) is 559 Å². The Morgan fingerprint density at radius 3 is 0.667 bits per heavy atom. The van der Waals surface area contributed by atoms with Gasteiger partial charge in [-0.1, -0.05) is 322 Å². The number of nitrogens with zero attached hydrogens (tertiary/aromatic N) is 8. The molecule has 8 nitrogen and oxygen atoms in total. The third-order valence-electron chi connectivity index (χ3n) is 27.8. The molecule has 0 aliphatic rings. The fraction of sp³-hybridized carbons (Fsp3) is 0. The molecular weight excluding hydrogens is 1750 g/mol. The van der Waals surface area contributed by atoms with Crippen LogP contribution in [0.2, 0.25) is 0 Å². The van der Waals surface area contributed by atoms with Gasteiger partial charge in [-0.25, -0.2) is 0 Å². The van der Waals surface area contributed by atoms with Crippen LogP contribution in [0.1, 0.15) is 0 Å². The highest BCUT2D eigenvalue weighted by Gasteiger charge is 2.27. The molecule has 22 aromatic carbocycles. The van der Waals surface area contributed by atoms with E-state index in [1.165, 1.54) is 93.2 Å². The number of aromatic nitrogens is 4. The Kier molecular flexibility index (Phi) is 22.9. The molecule has 0 aliphatic carbocycles. The van der Waals surface area contributed by atoms with Crippen LogP contribution in [0.5, 0.6) is 0 Å². The highest BCUT2D eigenvalue weighted by Crippen LogP contribution is 2.53. The van der Waals surface area contributed by atoms with Crippen molar-refractivity contribution in [2.45, 2.75) is 0 Å². The second-order valence-corrected chi connectivity index (χ2v) is 36.4. The minimum absolute atomic E-state index is 0.992. The van der Waals surface area contributed by atoms with Crippen LogP contribution in [0.4, 0.5) is 68.2 Å². The zero-order valence-electron chi connectivity index (χ0n) is 78.7. The van der Waals surface area contributed by atoms with Crippen LogP contribution in [-0.2, 0) is 0 Å². The van der Waals surface area contributed by atoms with Crippen molar-refractivity contribution in [1.82, 2.24) is 19.9 Å². The maximum Gasteiger partial charge on any atom is 0.0702 e. The molecule has 0 saturated carbocycles. The molecule has 26 rings (SSSR count). The number of hydrogen-bond acceptors (Lipinski definition) is 8. The molecule has 0 aliphatic heterocycles. The van der Waals surface area contributed by atoms with E-state index in [1.54, 1.807) is 0 Å². The normalized spacial score (nSPS) is 11.3. The molecule has 0 bridgehead atoms. The van der Waals surface area contributed by atoms with Gasteiger partial charge in [-0.2, -0.15) is 0 Å². The van der Waals surface area contributed by atoms with Crippen LogP contribution in [0.15, 0.2) is 559 Å². The van der Waals surface area contributed by atoms with Crippen molar-refractivity contribution in [1.29, 1.82) is 0 Å².